The zero-order chi connectivity index (χ0) is 12.3. The van der Waals surface area contributed by atoms with Crippen LogP contribution in [0.5, 0.6) is 5.75 Å². The second-order valence-electron chi connectivity index (χ2n) is 4.24. The van der Waals surface area contributed by atoms with Crippen LogP contribution >= 0.6 is 0 Å². The number of methoxy groups -OCH3 is 1. The van der Waals surface area contributed by atoms with Crippen LogP contribution in [-0.2, 0) is 0 Å². The molecule has 1 aromatic carbocycles. The Morgan fingerprint density at radius 2 is 1.94 bits per heavy atom. The van der Waals surface area contributed by atoms with Crippen molar-refractivity contribution in [3.8, 4) is 5.75 Å². The Bertz CT molecular complexity index is 376. The summed E-state index contributed by atoms with van der Waals surface area (Å²) in [6.45, 7) is 7.26. The molecule has 17 heavy (non-hydrogen) atoms. The highest BCUT2D eigenvalue weighted by atomic mass is 19.1. The Morgan fingerprint density at radius 3 is 2.47 bits per heavy atom. The molecule has 2 rings (SSSR count). The van der Waals surface area contributed by atoms with Gasteiger partial charge in [0.05, 0.1) is 7.11 Å². The van der Waals surface area contributed by atoms with Crippen LogP contribution < -0.4 is 9.64 Å². The van der Waals surface area contributed by atoms with Gasteiger partial charge in [-0.1, -0.05) is 6.92 Å². The molecule has 0 bridgehead atoms. The lowest BCUT2D eigenvalue weighted by Gasteiger charge is -2.35. The van der Waals surface area contributed by atoms with E-state index in [1.54, 1.807) is 12.1 Å². The standard InChI is InChI=1S/C13H19FN2O/c1-3-15-6-8-16(9-7-15)11-4-5-13(17-2)12(14)10-11/h4-5,10H,3,6-9H2,1-2H3. The first-order valence-corrected chi connectivity index (χ1v) is 6.05. The van der Waals surface area contributed by atoms with E-state index in [-0.39, 0.29) is 5.82 Å². The maximum absolute atomic E-state index is 13.6. The largest absolute Gasteiger partial charge is 0.494 e. The van der Waals surface area contributed by atoms with Gasteiger partial charge < -0.3 is 14.5 Å². The quantitative estimate of drug-likeness (QED) is 0.801. The molecular weight excluding hydrogens is 219 g/mol. The maximum Gasteiger partial charge on any atom is 0.167 e. The Kier molecular flexibility index (Phi) is 3.84. The van der Waals surface area contributed by atoms with E-state index < -0.39 is 0 Å². The summed E-state index contributed by atoms with van der Waals surface area (Å²) in [6.07, 6.45) is 0. The topological polar surface area (TPSA) is 15.7 Å². The molecule has 3 nitrogen and oxygen atoms in total. The molecule has 1 aromatic rings. The summed E-state index contributed by atoms with van der Waals surface area (Å²) in [5.74, 6) is 0.0175. The zero-order valence-corrected chi connectivity index (χ0v) is 10.4. The van der Waals surface area contributed by atoms with Crippen LogP contribution in [0.1, 0.15) is 6.92 Å². The van der Waals surface area contributed by atoms with Crippen LogP contribution in [0.15, 0.2) is 18.2 Å². The van der Waals surface area contributed by atoms with Crippen LogP contribution in [0, 0.1) is 5.82 Å². The molecule has 0 amide bonds. The van der Waals surface area contributed by atoms with E-state index >= 15 is 0 Å². The fraction of sp³-hybridized carbons (Fsp3) is 0.538. The highest BCUT2D eigenvalue weighted by Gasteiger charge is 2.16. The minimum absolute atomic E-state index is 0.289. The Balaban J connectivity index is 2.06. The van der Waals surface area contributed by atoms with Crippen molar-refractivity contribution in [3.05, 3.63) is 24.0 Å². The fourth-order valence-corrected chi connectivity index (χ4v) is 2.17. The molecule has 1 fully saturated rings. The summed E-state index contributed by atoms with van der Waals surface area (Å²) in [5, 5.41) is 0. The van der Waals surface area contributed by atoms with E-state index in [0.717, 1.165) is 38.4 Å². The summed E-state index contributed by atoms with van der Waals surface area (Å²) >= 11 is 0. The van der Waals surface area contributed by atoms with Crippen molar-refractivity contribution in [2.75, 3.05) is 44.7 Å². The summed E-state index contributed by atoms with van der Waals surface area (Å²) < 4.78 is 18.5. The fourth-order valence-electron chi connectivity index (χ4n) is 2.17. The third-order valence-corrected chi connectivity index (χ3v) is 3.32. The monoisotopic (exact) mass is 238 g/mol. The minimum Gasteiger partial charge on any atom is -0.494 e. The van der Waals surface area contributed by atoms with Gasteiger partial charge in [-0.05, 0) is 18.7 Å². The average molecular weight is 238 g/mol. The second kappa shape index (κ2) is 5.36. The highest BCUT2D eigenvalue weighted by Crippen LogP contribution is 2.24. The van der Waals surface area contributed by atoms with Crippen molar-refractivity contribution < 1.29 is 9.13 Å². The zero-order valence-electron chi connectivity index (χ0n) is 10.4. The number of hydrogen-bond donors (Lipinski definition) is 0. The van der Waals surface area contributed by atoms with E-state index in [1.165, 1.54) is 7.11 Å². The average Bonchev–Trinajstić information content (AvgIpc) is 2.39. The van der Waals surface area contributed by atoms with Gasteiger partial charge in [0, 0.05) is 37.9 Å². The van der Waals surface area contributed by atoms with Gasteiger partial charge in [0.1, 0.15) is 0 Å². The van der Waals surface area contributed by atoms with Gasteiger partial charge in [-0.25, -0.2) is 4.39 Å². The first kappa shape index (κ1) is 12.2. The molecule has 0 radical (unpaired) electrons. The second-order valence-corrected chi connectivity index (χ2v) is 4.24. The number of anilines is 1. The SMILES string of the molecule is CCN1CCN(c2ccc(OC)c(F)c2)CC1. The molecule has 94 valence electrons. The van der Waals surface area contributed by atoms with E-state index in [0.29, 0.717) is 5.75 Å². The van der Waals surface area contributed by atoms with Crippen molar-refractivity contribution in [3.63, 3.8) is 0 Å². The van der Waals surface area contributed by atoms with Gasteiger partial charge in [-0.3, -0.25) is 0 Å². The lowest BCUT2D eigenvalue weighted by Crippen LogP contribution is -2.46. The lowest BCUT2D eigenvalue weighted by atomic mass is 10.2. The third-order valence-electron chi connectivity index (χ3n) is 3.32. The smallest absolute Gasteiger partial charge is 0.167 e. The lowest BCUT2D eigenvalue weighted by molar-refractivity contribution is 0.271. The van der Waals surface area contributed by atoms with Crippen LogP contribution in [0.25, 0.3) is 0 Å². The molecule has 0 aromatic heterocycles. The summed E-state index contributed by atoms with van der Waals surface area (Å²) in [6, 6.07) is 5.17. The Hall–Kier alpha value is -1.29. The number of hydrogen-bond acceptors (Lipinski definition) is 3. The number of rotatable bonds is 3. The van der Waals surface area contributed by atoms with E-state index in [9.17, 15) is 4.39 Å². The van der Waals surface area contributed by atoms with Gasteiger partial charge in [0.25, 0.3) is 0 Å². The van der Waals surface area contributed by atoms with E-state index in [2.05, 4.69) is 16.7 Å². The third kappa shape index (κ3) is 2.69. The first-order valence-electron chi connectivity index (χ1n) is 6.05. The molecule has 1 aliphatic rings. The molecule has 0 atom stereocenters. The normalized spacial score (nSPS) is 17.2. The number of nitrogens with zero attached hydrogens (tertiary/aromatic N) is 2. The van der Waals surface area contributed by atoms with Gasteiger partial charge in [0.15, 0.2) is 11.6 Å². The van der Waals surface area contributed by atoms with E-state index in [1.807, 2.05) is 6.07 Å². The molecule has 0 aliphatic carbocycles. The van der Waals surface area contributed by atoms with Gasteiger partial charge in [0.2, 0.25) is 0 Å². The van der Waals surface area contributed by atoms with Crippen LogP contribution in [0.2, 0.25) is 0 Å². The maximum atomic E-state index is 13.6. The number of halogens is 1. The van der Waals surface area contributed by atoms with Crippen molar-refractivity contribution in [2.45, 2.75) is 6.92 Å². The number of piperazine rings is 1. The van der Waals surface area contributed by atoms with Crippen LogP contribution in [0.3, 0.4) is 0 Å². The van der Waals surface area contributed by atoms with Crippen LogP contribution in [0.4, 0.5) is 10.1 Å². The number of benzene rings is 1. The molecule has 1 heterocycles. The van der Waals surface area contributed by atoms with Gasteiger partial charge >= 0.3 is 0 Å². The van der Waals surface area contributed by atoms with Crippen molar-refractivity contribution in [2.24, 2.45) is 0 Å². The Morgan fingerprint density at radius 1 is 1.24 bits per heavy atom. The summed E-state index contributed by atoms with van der Waals surface area (Å²) in [5.41, 5.74) is 0.944. The summed E-state index contributed by atoms with van der Waals surface area (Å²) in [7, 11) is 1.48. The number of ether oxygens (including phenoxy) is 1. The highest BCUT2D eigenvalue weighted by molar-refractivity contribution is 5.50. The van der Waals surface area contributed by atoms with Gasteiger partial charge in [-0.2, -0.15) is 0 Å². The van der Waals surface area contributed by atoms with E-state index in [4.69, 9.17) is 4.74 Å². The first-order chi connectivity index (χ1) is 8.24. The minimum atomic E-state index is -0.289. The molecule has 0 unspecified atom stereocenters. The van der Waals surface area contributed by atoms with Crippen LogP contribution in [-0.4, -0.2) is 44.7 Å². The molecule has 0 spiro atoms. The Labute approximate surface area is 102 Å². The predicted octanol–water partition coefficient (Wildman–Crippen LogP) is 1.98. The molecule has 0 saturated carbocycles. The summed E-state index contributed by atoms with van der Waals surface area (Å²) in [4.78, 5) is 4.62. The molecule has 1 aliphatic heterocycles. The van der Waals surface area contributed by atoms with Gasteiger partial charge in [-0.15, -0.1) is 0 Å². The van der Waals surface area contributed by atoms with Crippen molar-refractivity contribution >= 4 is 5.69 Å². The van der Waals surface area contributed by atoms with Crippen molar-refractivity contribution in [1.82, 2.24) is 4.90 Å². The molecule has 0 N–H and O–H groups in total. The molecular formula is C13H19FN2O. The molecule has 1 saturated heterocycles. The molecule has 4 heteroatoms. The predicted molar refractivity (Wildman–Crippen MR) is 67.3 cm³/mol. The van der Waals surface area contributed by atoms with Crippen molar-refractivity contribution in [1.29, 1.82) is 0 Å². The number of likely N-dealkylation sites (N-methyl/N-ethyl adjacent to an activating group) is 1.